The fraction of sp³-hybridized carbons (Fsp3) is 0.609. The number of para-hydroxylation sites is 1. The molecule has 1 amide bonds. The topological polar surface area (TPSA) is 37.3 Å². The summed E-state index contributed by atoms with van der Waals surface area (Å²) >= 11 is 0. The lowest BCUT2D eigenvalue weighted by Crippen LogP contribution is -2.57. The zero-order chi connectivity index (χ0) is 18.0. The summed E-state index contributed by atoms with van der Waals surface area (Å²) in [6.07, 6.45) is 11.3. The highest BCUT2D eigenvalue weighted by molar-refractivity contribution is 6.08. The van der Waals surface area contributed by atoms with Crippen LogP contribution in [-0.4, -0.2) is 39.5 Å². The lowest BCUT2D eigenvalue weighted by molar-refractivity contribution is 0.0175. The van der Waals surface area contributed by atoms with Crippen molar-refractivity contribution in [1.29, 1.82) is 0 Å². The van der Waals surface area contributed by atoms with Crippen LogP contribution in [0.3, 0.4) is 0 Å². The lowest BCUT2D eigenvalue weighted by Gasteiger charge is -2.49. The highest BCUT2D eigenvalue weighted by Gasteiger charge is 2.45. The third-order valence-corrected chi connectivity index (χ3v) is 7.44. The van der Waals surface area contributed by atoms with Gasteiger partial charge in [-0.25, -0.2) is 0 Å². The maximum atomic E-state index is 13.4. The van der Waals surface area contributed by atoms with Crippen LogP contribution in [0.5, 0.6) is 0 Å². The summed E-state index contributed by atoms with van der Waals surface area (Å²) in [4.78, 5) is 16.2. The molecule has 2 saturated heterocycles. The highest BCUT2D eigenvalue weighted by atomic mass is 16.1. The minimum absolute atomic E-state index is 0.171. The summed E-state index contributed by atoms with van der Waals surface area (Å²) in [5, 5.41) is 4.61. The molecule has 2 atom stereocenters. The Bertz CT molecular complexity index is 882. The Balaban J connectivity index is 1.27. The number of aryl methyl sites for hydroxylation is 1. The lowest BCUT2D eigenvalue weighted by atomic mass is 9.81. The molecule has 4 heterocycles. The number of carbonyl (C=O) groups excluding carboxylic acids is 1. The number of hydrogen-bond acceptors (Lipinski definition) is 2. The Kier molecular flexibility index (Phi) is 3.65. The standard InChI is InChI=1S/C23H29N3O/c27-23(22-19-7-1-2-8-20(19)25-12-4-9-21(22)25)24-15-13-17-5-3-6-18(14-15)26(17)16-10-11-16/h1-2,7-8,15-18H,3-6,9-14H2,(H,24,27). The van der Waals surface area contributed by atoms with Gasteiger partial charge < -0.3 is 9.88 Å². The smallest absolute Gasteiger partial charge is 0.253 e. The first-order valence-electron chi connectivity index (χ1n) is 11.0. The maximum absolute atomic E-state index is 13.4. The van der Waals surface area contributed by atoms with E-state index in [1.54, 1.807) is 0 Å². The number of nitrogens with zero attached hydrogens (tertiary/aromatic N) is 2. The van der Waals surface area contributed by atoms with Crippen LogP contribution in [0.2, 0.25) is 0 Å². The largest absolute Gasteiger partial charge is 0.349 e. The zero-order valence-electron chi connectivity index (χ0n) is 16.0. The van der Waals surface area contributed by atoms with Crippen LogP contribution in [0.15, 0.2) is 24.3 Å². The number of hydrogen-bond donors (Lipinski definition) is 1. The summed E-state index contributed by atoms with van der Waals surface area (Å²) in [7, 11) is 0. The van der Waals surface area contributed by atoms with Crippen LogP contribution in [0.1, 0.15) is 67.4 Å². The molecule has 1 aromatic carbocycles. The molecule has 4 aliphatic rings. The van der Waals surface area contributed by atoms with Crippen molar-refractivity contribution in [2.75, 3.05) is 0 Å². The second-order valence-corrected chi connectivity index (χ2v) is 9.15. The van der Waals surface area contributed by atoms with Gasteiger partial charge in [-0.15, -0.1) is 0 Å². The van der Waals surface area contributed by atoms with Crippen LogP contribution in [0.25, 0.3) is 10.9 Å². The first-order chi connectivity index (χ1) is 13.3. The molecule has 1 N–H and O–H groups in total. The Labute approximate surface area is 160 Å². The highest BCUT2D eigenvalue weighted by Crippen LogP contribution is 2.42. The molecular weight excluding hydrogens is 334 g/mol. The van der Waals surface area contributed by atoms with Crippen molar-refractivity contribution in [1.82, 2.24) is 14.8 Å². The molecule has 1 saturated carbocycles. The summed E-state index contributed by atoms with van der Waals surface area (Å²) < 4.78 is 2.37. The van der Waals surface area contributed by atoms with Crippen molar-refractivity contribution < 1.29 is 4.79 Å². The van der Waals surface area contributed by atoms with Crippen molar-refractivity contribution >= 4 is 16.8 Å². The van der Waals surface area contributed by atoms with Gasteiger partial charge in [-0.05, 0) is 57.4 Å². The molecule has 6 rings (SSSR count). The van der Waals surface area contributed by atoms with Crippen molar-refractivity contribution in [2.24, 2.45) is 0 Å². The molecule has 3 aliphatic heterocycles. The zero-order valence-corrected chi connectivity index (χ0v) is 16.0. The average Bonchev–Trinajstić information content (AvgIpc) is 3.30. The van der Waals surface area contributed by atoms with Crippen LogP contribution >= 0.6 is 0 Å². The number of benzene rings is 1. The number of carbonyl (C=O) groups is 1. The fourth-order valence-electron chi connectivity index (χ4n) is 6.29. The Morgan fingerprint density at radius 3 is 2.52 bits per heavy atom. The average molecular weight is 364 g/mol. The Hall–Kier alpha value is -1.81. The summed E-state index contributed by atoms with van der Waals surface area (Å²) in [5.74, 6) is 0.171. The van der Waals surface area contributed by atoms with E-state index in [1.165, 1.54) is 43.3 Å². The van der Waals surface area contributed by atoms with Gasteiger partial charge in [-0.3, -0.25) is 9.69 Å². The minimum atomic E-state index is 0.171. The third-order valence-electron chi connectivity index (χ3n) is 7.44. The number of aromatic nitrogens is 1. The van der Waals surface area contributed by atoms with E-state index in [4.69, 9.17) is 0 Å². The summed E-state index contributed by atoms with van der Waals surface area (Å²) in [5.41, 5.74) is 3.44. The Morgan fingerprint density at radius 1 is 0.963 bits per heavy atom. The molecule has 142 valence electrons. The molecule has 2 unspecified atom stereocenters. The maximum Gasteiger partial charge on any atom is 0.253 e. The van der Waals surface area contributed by atoms with Gasteiger partial charge in [0, 0.05) is 47.3 Å². The predicted octanol–water partition coefficient (Wildman–Crippen LogP) is 3.87. The second kappa shape index (κ2) is 6.10. The molecule has 2 aromatic rings. The molecule has 27 heavy (non-hydrogen) atoms. The summed E-state index contributed by atoms with van der Waals surface area (Å²) in [6, 6.07) is 11.0. The van der Waals surface area contributed by atoms with Crippen LogP contribution in [-0.2, 0) is 13.0 Å². The first kappa shape index (κ1) is 16.2. The molecule has 3 fully saturated rings. The number of amides is 1. The number of piperidine rings is 2. The van der Waals surface area contributed by atoms with Gasteiger partial charge in [-0.1, -0.05) is 24.6 Å². The molecule has 0 spiro atoms. The van der Waals surface area contributed by atoms with Gasteiger partial charge in [-0.2, -0.15) is 0 Å². The molecule has 4 heteroatoms. The van der Waals surface area contributed by atoms with Crippen LogP contribution in [0, 0.1) is 0 Å². The van der Waals surface area contributed by atoms with Crippen LogP contribution in [0.4, 0.5) is 0 Å². The molecule has 0 radical (unpaired) electrons. The van der Waals surface area contributed by atoms with Gasteiger partial charge >= 0.3 is 0 Å². The van der Waals surface area contributed by atoms with Crippen LogP contribution < -0.4 is 5.32 Å². The number of nitrogens with one attached hydrogen (secondary N) is 1. The van der Waals surface area contributed by atoms with Crippen molar-refractivity contribution in [3.63, 3.8) is 0 Å². The van der Waals surface area contributed by atoms with Crippen molar-refractivity contribution in [3.8, 4) is 0 Å². The van der Waals surface area contributed by atoms with E-state index >= 15 is 0 Å². The van der Waals surface area contributed by atoms with Crippen molar-refractivity contribution in [3.05, 3.63) is 35.5 Å². The van der Waals surface area contributed by atoms with Gasteiger partial charge in [0.25, 0.3) is 5.91 Å². The number of fused-ring (bicyclic) bond motifs is 5. The quantitative estimate of drug-likeness (QED) is 0.899. The van der Waals surface area contributed by atoms with Gasteiger partial charge in [0.2, 0.25) is 0 Å². The van der Waals surface area contributed by atoms with Crippen molar-refractivity contribution in [2.45, 2.75) is 88.5 Å². The predicted molar refractivity (Wildman–Crippen MR) is 107 cm³/mol. The van der Waals surface area contributed by atoms with E-state index in [2.05, 4.69) is 39.0 Å². The van der Waals surface area contributed by atoms with Gasteiger partial charge in [0.15, 0.2) is 0 Å². The van der Waals surface area contributed by atoms with E-state index in [0.717, 1.165) is 49.2 Å². The van der Waals surface area contributed by atoms with E-state index < -0.39 is 0 Å². The SMILES string of the molecule is O=C(NC1CC2CCCC(C1)N2C1CC1)c1c2n(c3ccccc13)CCC2. The molecule has 1 aliphatic carbocycles. The number of rotatable bonds is 3. The minimum Gasteiger partial charge on any atom is -0.349 e. The van der Waals surface area contributed by atoms with E-state index in [1.807, 2.05) is 0 Å². The summed E-state index contributed by atoms with van der Waals surface area (Å²) in [6.45, 7) is 1.05. The van der Waals surface area contributed by atoms with E-state index in [-0.39, 0.29) is 5.91 Å². The monoisotopic (exact) mass is 363 g/mol. The molecular formula is C23H29N3O. The second-order valence-electron chi connectivity index (χ2n) is 9.15. The van der Waals surface area contributed by atoms with Gasteiger partial charge in [0.05, 0.1) is 5.56 Å². The van der Waals surface area contributed by atoms with Gasteiger partial charge in [0.1, 0.15) is 0 Å². The fourth-order valence-corrected chi connectivity index (χ4v) is 6.29. The normalized spacial score (nSPS) is 30.4. The van der Waals surface area contributed by atoms with E-state index in [9.17, 15) is 4.79 Å². The Morgan fingerprint density at radius 2 is 1.74 bits per heavy atom. The first-order valence-corrected chi connectivity index (χ1v) is 11.0. The molecule has 1 aromatic heterocycles. The molecule has 4 nitrogen and oxygen atoms in total. The third kappa shape index (κ3) is 2.56. The van der Waals surface area contributed by atoms with E-state index in [0.29, 0.717) is 18.1 Å². The molecule has 2 bridgehead atoms.